The third-order valence-electron chi connectivity index (χ3n) is 3.34. The topological polar surface area (TPSA) is 67.9 Å². The fraction of sp³-hybridized carbons (Fsp3) is 0.571. The first-order valence-corrected chi connectivity index (χ1v) is 8.73. The van der Waals surface area contributed by atoms with Crippen molar-refractivity contribution in [2.24, 2.45) is 0 Å². The van der Waals surface area contributed by atoms with Gasteiger partial charge in [-0.1, -0.05) is 0 Å². The summed E-state index contributed by atoms with van der Waals surface area (Å²) >= 11 is 0. The van der Waals surface area contributed by atoms with Crippen LogP contribution in [0, 0.1) is 5.82 Å². The zero-order valence-corrected chi connectivity index (χ0v) is 13.4. The second-order valence-electron chi connectivity index (χ2n) is 4.88. The van der Waals surface area contributed by atoms with E-state index < -0.39 is 15.8 Å². The van der Waals surface area contributed by atoms with Crippen molar-refractivity contribution < 1.29 is 22.3 Å². The molecule has 1 N–H and O–H groups in total. The second kappa shape index (κ2) is 7.87. The van der Waals surface area contributed by atoms with Crippen molar-refractivity contribution >= 4 is 10.0 Å². The van der Waals surface area contributed by atoms with E-state index in [-0.39, 0.29) is 17.3 Å². The van der Waals surface area contributed by atoms with Crippen LogP contribution in [0.1, 0.15) is 6.92 Å². The van der Waals surface area contributed by atoms with Crippen LogP contribution in [0.4, 0.5) is 4.39 Å². The molecular weight excluding hydrogens is 311 g/mol. The fourth-order valence-electron chi connectivity index (χ4n) is 2.16. The van der Waals surface area contributed by atoms with Crippen LogP contribution in [0.25, 0.3) is 0 Å². The summed E-state index contributed by atoms with van der Waals surface area (Å²) in [6, 6.07) is 3.53. The molecule has 0 aliphatic carbocycles. The molecule has 0 unspecified atom stereocenters. The van der Waals surface area contributed by atoms with Crippen LogP contribution in [0.2, 0.25) is 0 Å². The molecule has 1 heterocycles. The molecule has 0 radical (unpaired) electrons. The van der Waals surface area contributed by atoms with Gasteiger partial charge in [0.1, 0.15) is 0 Å². The minimum Gasteiger partial charge on any atom is -0.491 e. The molecule has 124 valence electrons. The molecule has 0 amide bonds. The molecule has 0 atom stereocenters. The van der Waals surface area contributed by atoms with E-state index in [0.717, 1.165) is 19.2 Å². The number of sulfonamides is 1. The summed E-state index contributed by atoms with van der Waals surface area (Å²) in [7, 11) is -3.67. The minimum atomic E-state index is -3.67. The van der Waals surface area contributed by atoms with Gasteiger partial charge in [-0.05, 0) is 19.1 Å². The monoisotopic (exact) mass is 332 g/mol. The van der Waals surface area contributed by atoms with Gasteiger partial charge in [0.05, 0.1) is 24.7 Å². The largest absolute Gasteiger partial charge is 0.491 e. The van der Waals surface area contributed by atoms with Gasteiger partial charge in [-0.3, -0.25) is 4.90 Å². The Bertz CT molecular complexity index is 589. The molecular formula is C14H21FN2O4S. The SMILES string of the molecule is CCOc1cc(S(=O)(=O)NCCN2CCOCC2)ccc1F. The van der Waals surface area contributed by atoms with E-state index in [0.29, 0.717) is 26.3 Å². The maximum atomic E-state index is 13.5. The molecule has 1 aliphatic heterocycles. The Kier molecular flexibility index (Phi) is 6.13. The van der Waals surface area contributed by atoms with E-state index in [1.54, 1.807) is 6.92 Å². The first-order valence-electron chi connectivity index (χ1n) is 7.25. The van der Waals surface area contributed by atoms with E-state index in [1.807, 2.05) is 0 Å². The van der Waals surface area contributed by atoms with Crippen molar-refractivity contribution in [1.29, 1.82) is 0 Å². The maximum absolute atomic E-state index is 13.5. The Morgan fingerprint density at radius 1 is 1.36 bits per heavy atom. The second-order valence-corrected chi connectivity index (χ2v) is 6.64. The number of halogens is 1. The van der Waals surface area contributed by atoms with Crippen molar-refractivity contribution in [1.82, 2.24) is 9.62 Å². The molecule has 0 bridgehead atoms. The van der Waals surface area contributed by atoms with Gasteiger partial charge in [0.2, 0.25) is 10.0 Å². The molecule has 0 spiro atoms. The molecule has 1 saturated heterocycles. The Morgan fingerprint density at radius 3 is 2.77 bits per heavy atom. The summed E-state index contributed by atoms with van der Waals surface area (Å²) in [6.45, 7) is 5.82. The van der Waals surface area contributed by atoms with Gasteiger partial charge in [0.25, 0.3) is 0 Å². The molecule has 22 heavy (non-hydrogen) atoms. The van der Waals surface area contributed by atoms with Crippen LogP contribution >= 0.6 is 0 Å². The third-order valence-corrected chi connectivity index (χ3v) is 4.80. The summed E-state index contributed by atoms with van der Waals surface area (Å²) < 4.78 is 50.7. The first-order chi connectivity index (χ1) is 10.5. The predicted octanol–water partition coefficient (Wildman–Crippen LogP) is 0.835. The fourth-order valence-corrected chi connectivity index (χ4v) is 3.20. The Labute approximate surface area is 130 Å². The number of benzene rings is 1. The minimum absolute atomic E-state index is 0.000623. The quantitative estimate of drug-likeness (QED) is 0.801. The van der Waals surface area contributed by atoms with Crippen molar-refractivity contribution in [3.05, 3.63) is 24.0 Å². The predicted molar refractivity (Wildman–Crippen MR) is 80.0 cm³/mol. The van der Waals surface area contributed by atoms with Gasteiger partial charge in [0.15, 0.2) is 11.6 Å². The highest BCUT2D eigenvalue weighted by molar-refractivity contribution is 7.89. The number of hydrogen-bond acceptors (Lipinski definition) is 5. The average molecular weight is 332 g/mol. The van der Waals surface area contributed by atoms with Gasteiger partial charge < -0.3 is 9.47 Å². The van der Waals surface area contributed by atoms with Crippen molar-refractivity contribution in [2.75, 3.05) is 46.0 Å². The zero-order valence-electron chi connectivity index (χ0n) is 12.5. The lowest BCUT2D eigenvalue weighted by Crippen LogP contribution is -2.41. The summed E-state index contributed by atoms with van der Waals surface area (Å²) in [6.07, 6.45) is 0. The lowest BCUT2D eigenvalue weighted by molar-refractivity contribution is 0.0390. The van der Waals surface area contributed by atoms with E-state index in [9.17, 15) is 12.8 Å². The smallest absolute Gasteiger partial charge is 0.240 e. The molecule has 2 rings (SSSR count). The third kappa shape index (κ3) is 4.64. The number of rotatable bonds is 7. The summed E-state index contributed by atoms with van der Waals surface area (Å²) in [4.78, 5) is 2.13. The van der Waals surface area contributed by atoms with E-state index >= 15 is 0 Å². The molecule has 1 aromatic carbocycles. The average Bonchev–Trinajstić information content (AvgIpc) is 2.50. The summed E-state index contributed by atoms with van der Waals surface area (Å²) in [5.41, 5.74) is 0. The highest BCUT2D eigenvalue weighted by atomic mass is 32.2. The summed E-state index contributed by atoms with van der Waals surface area (Å²) in [5, 5.41) is 0. The van der Waals surface area contributed by atoms with Gasteiger partial charge in [-0.2, -0.15) is 0 Å². The molecule has 6 nitrogen and oxygen atoms in total. The van der Waals surface area contributed by atoms with Gasteiger partial charge in [-0.15, -0.1) is 0 Å². The number of ether oxygens (including phenoxy) is 2. The van der Waals surface area contributed by atoms with E-state index in [1.165, 1.54) is 12.1 Å². The van der Waals surface area contributed by atoms with Crippen molar-refractivity contribution in [3.8, 4) is 5.75 Å². The molecule has 1 aromatic rings. The van der Waals surface area contributed by atoms with Crippen molar-refractivity contribution in [2.45, 2.75) is 11.8 Å². The molecule has 0 aromatic heterocycles. The Morgan fingerprint density at radius 2 is 2.09 bits per heavy atom. The van der Waals surface area contributed by atoms with Gasteiger partial charge in [-0.25, -0.2) is 17.5 Å². The van der Waals surface area contributed by atoms with Crippen LogP contribution in [0.15, 0.2) is 23.1 Å². The first kappa shape index (κ1) is 17.1. The van der Waals surface area contributed by atoms with E-state index in [2.05, 4.69) is 9.62 Å². The Hall–Kier alpha value is -1.22. The summed E-state index contributed by atoms with van der Waals surface area (Å²) in [5.74, 6) is -0.632. The molecule has 1 aliphatic rings. The highest BCUT2D eigenvalue weighted by Crippen LogP contribution is 2.21. The van der Waals surface area contributed by atoms with Crippen LogP contribution in [-0.2, 0) is 14.8 Å². The van der Waals surface area contributed by atoms with Crippen LogP contribution in [0.5, 0.6) is 5.75 Å². The zero-order chi connectivity index (χ0) is 16.0. The van der Waals surface area contributed by atoms with Crippen molar-refractivity contribution in [3.63, 3.8) is 0 Å². The number of nitrogens with one attached hydrogen (secondary N) is 1. The Balaban J connectivity index is 1.95. The number of morpholine rings is 1. The van der Waals surface area contributed by atoms with Gasteiger partial charge >= 0.3 is 0 Å². The molecule has 8 heteroatoms. The van der Waals surface area contributed by atoms with Crippen LogP contribution in [-0.4, -0.2) is 59.3 Å². The molecule has 1 fully saturated rings. The molecule has 0 saturated carbocycles. The standard InChI is InChI=1S/C14H21FN2O4S/c1-2-21-14-11-12(3-4-13(14)15)22(18,19)16-5-6-17-7-9-20-10-8-17/h3-4,11,16H,2,5-10H2,1H3. The van der Waals surface area contributed by atoms with E-state index in [4.69, 9.17) is 9.47 Å². The van der Waals surface area contributed by atoms with Gasteiger partial charge in [0, 0.05) is 32.2 Å². The highest BCUT2D eigenvalue weighted by Gasteiger charge is 2.17. The van der Waals surface area contributed by atoms with Crippen LogP contribution < -0.4 is 9.46 Å². The maximum Gasteiger partial charge on any atom is 0.240 e. The lowest BCUT2D eigenvalue weighted by Gasteiger charge is -2.26. The number of nitrogens with zero attached hydrogens (tertiary/aromatic N) is 1. The normalized spacial score (nSPS) is 16.6. The lowest BCUT2D eigenvalue weighted by atomic mass is 10.3. The van der Waals surface area contributed by atoms with Crippen LogP contribution in [0.3, 0.4) is 0 Å². The number of hydrogen-bond donors (Lipinski definition) is 1.